The summed E-state index contributed by atoms with van der Waals surface area (Å²) in [6.45, 7) is 2.20. The number of nitrogen functional groups attached to an aromatic ring is 1. The van der Waals surface area contributed by atoms with Crippen LogP contribution < -0.4 is 5.73 Å². The first-order chi connectivity index (χ1) is 10.2. The van der Waals surface area contributed by atoms with E-state index in [-0.39, 0.29) is 5.97 Å². The van der Waals surface area contributed by atoms with Crippen molar-refractivity contribution in [1.82, 2.24) is 0 Å². The lowest BCUT2D eigenvalue weighted by Crippen LogP contribution is -2.14. The van der Waals surface area contributed by atoms with Gasteiger partial charge in [0.15, 0.2) is 0 Å². The van der Waals surface area contributed by atoms with Crippen molar-refractivity contribution in [3.63, 3.8) is 0 Å². The third kappa shape index (κ3) is 2.68. The molecule has 0 spiro atoms. The van der Waals surface area contributed by atoms with Crippen molar-refractivity contribution < 1.29 is 9.53 Å². The minimum atomic E-state index is -0.273. The van der Waals surface area contributed by atoms with Crippen LogP contribution in [0, 0.1) is 0 Å². The molecular formula is C17H19NO2S. The van der Waals surface area contributed by atoms with Crippen molar-refractivity contribution in [3.8, 4) is 0 Å². The average molecular weight is 301 g/mol. The van der Waals surface area contributed by atoms with Crippen LogP contribution in [0.5, 0.6) is 0 Å². The second kappa shape index (κ2) is 5.90. The summed E-state index contributed by atoms with van der Waals surface area (Å²) in [5.41, 5.74) is 9.15. The number of thiophene rings is 1. The van der Waals surface area contributed by atoms with E-state index in [0.29, 0.717) is 23.1 Å². The molecular weight excluding hydrogens is 282 g/mol. The van der Waals surface area contributed by atoms with E-state index >= 15 is 0 Å². The minimum Gasteiger partial charge on any atom is -0.462 e. The van der Waals surface area contributed by atoms with Crippen molar-refractivity contribution in [1.29, 1.82) is 0 Å². The van der Waals surface area contributed by atoms with Crippen LogP contribution in [0.1, 0.15) is 45.6 Å². The van der Waals surface area contributed by atoms with E-state index in [9.17, 15) is 4.79 Å². The molecule has 1 aliphatic rings. The molecule has 0 amide bonds. The highest BCUT2D eigenvalue weighted by atomic mass is 32.1. The number of nitrogens with two attached hydrogens (primary N) is 1. The van der Waals surface area contributed by atoms with Crippen LogP contribution in [-0.4, -0.2) is 12.6 Å². The van der Waals surface area contributed by atoms with E-state index in [1.807, 2.05) is 13.0 Å². The molecule has 0 saturated carbocycles. The van der Waals surface area contributed by atoms with Crippen molar-refractivity contribution in [2.45, 2.75) is 32.1 Å². The van der Waals surface area contributed by atoms with Crippen LogP contribution in [0.15, 0.2) is 30.3 Å². The molecule has 3 nitrogen and oxygen atoms in total. The molecule has 1 aromatic heterocycles. The van der Waals surface area contributed by atoms with Gasteiger partial charge in [-0.05, 0) is 43.2 Å². The van der Waals surface area contributed by atoms with Gasteiger partial charge in [0.1, 0.15) is 5.00 Å². The smallest absolute Gasteiger partial charge is 0.341 e. The zero-order chi connectivity index (χ0) is 14.8. The molecule has 0 fully saturated rings. The van der Waals surface area contributed by atoms with Crippen LogP contribution >= 0.6 is 11.3 Å². The maximum atomic E-state index is 12.1. The summed E-state index contributed by atoms with van der Waals surface area (Å²) >= 11 is 1.55. The Bertz CT molecular complexity index is 648. The Balaban J connectivity index is 1.88. The Morgan fingerprint density at radius 3 is 2.86 bits per heavy atom. The molecule has 1 atom stereocenters. The SMILES string of the molecule is CCOC(=O)c1c(N)sc2c1CC[C@@H](c1ccccc1)C2. The highest BCUT2D eigenvalue weighted by molar-refractivity contribution is 7.16. The van der Waals surface area contributed by atoms with Gasteiger partial charge in [-0.15, -0.1) is 11.3 Å². The standard InChI is InChI=1S/C17H19NO2S/c1-2-20-17(19)15-13-9-8-12(10-14(13)21-16(15)18)11-6-4-3-5-7-11/h3-7,12H,2,8-10,18H2,1H3/t12-/m1/s1. The molecule has 2 N–H and O–H groups in total. The maximum absolute atomic E-state index is 12.1. The summed E-state index contributed by atoms with van der Waals surface area (Å²) in [7, 11) is 0. The van der Waals surface area contributed by atoms with Gasteiger partial charge < -0.3 is 10.5 Å². The Kier molecular flexibility index (Phi) is 3.97. The van der Waals surface area contributed by atoms with Gasteiger partial charge in [0.2, 0.25) is 0 Å². The molecule has 0 bridgehead atoms. The van der Waals surface area contributed by atoms with Gasteiger partial charge in [0, 0.05) is 4.88 Å². The Morgan fingerprint density at radius 2 is 2.14 bits per heavy atom. The van der Waals surface area contributed by atoms with Crippen molar-refractivity contribution in [2.24, 2.45) is 0 Å². The summed E-state index contributed by atoms with van der Waals surface area (Å²) in [6, 6.07) is 10.6. The first-order valence-corrected chi connectivity index (χ1v) is 8.14. The quantitative estimate of drug-likeness (QED) is 0.878. The highest BCUT2D eigenvalue weighted by Crippen LogP contribution is 2.41. The average Bonchev–Trinajstić information content (AvgIpc) is 2.83. The molecule has 21 heavy (non-hydrogen) atoms. The summed E-state index contributed by atoms with van der Waals surface area (Å²) < 4.78 is 5.13. The lowest BCUT2D eigenvalue weighted by molar-refractivity contribution is 0.0526. The first-order valence-electron chi connectivity index (χ1n) is 7.32. The predicted molar refractivity (Wildman–Crippen MR) is 85.9 cm³/mol. The number of esters is 1. The van der Waals surface area contributed by atoms with Gasteiger partial charge >= 0.3 is 5.97 Å². The molecule has 0 radical (unpaired) electrons. The largest absolute Gasteiger partial charge is 0.462 e. The second-order valence-electron chi connectivity index (χ2n) is 5.31. The number of carbonyl (C=O) groups excluding carboxylic acids is 1. The van der Waals surface area contributed by atoms with E-state index < -0.39 is 0 Å². The molecule has 0 unspecified atom stereocenters. The molecule has 1 heterocycles. The fraction of sp³-hybridized carbons (Fsp3) is 0.353. The zero-order valence-electron chi connectivity index (χ0n) is 12.1. The van der Waals surface area contributed by atoms with Gasteiger partial charge in [0.05, 0.1) is 12.2 Å². The lowest BCUT2D eigenvalue weighted by atomic mass is 9.83. The third-order valence-corrected chi connectivity index (χ3v) is 5.13. The van der Waals surface area contributed by atoms with Crippen molar-refractivity contribution in [3.05, 3.63) is 51.9 Å². The normalized spacial score (nSPS) is 17.3. The molecule has 2 aromatic rings. The van der Waals surface area contributed by atoms with E-state index in [1.54, 1.807) is 11.3 Å². The van der Waals surface area contributed by atoms with Crippen LogP contribution in [0.3, 0.4) is 0 Å². The van der Waals surface area contributed by atoms with E-state index in [1.165, 1.54) is 10.4 Å². The molecule has 3 rings (SSSR count). The molecule has 1 aromatic carbocycles. The molecule has 4 heteroatoms. The zero-order valence-corrected chi connectivity index (χ0v) is 12.9. The Labute approximate surface area is 128 Å². The number of rotatable bonds is 3. The monoisotopic (exact) mass is 301 g/mol. The molecule has 0 saturated heterocycles. The highest BCUT2D eigenvalue weighted by Gasteiger charge is 2.29. The van der Waals surface area contributed by atoms with E-state index in [2.05, 4.69) is 24.3 Å². The number of hydrogen-bond donors (Lipinski definition) is 1. The number of ether oxygens (including phenoxy) is 1. The fourth-order valence-corrected chi connectivity index (χ4v) is 4.23. The number of fused-ring (bicyclic) bond motifs is 1. The van der Waals surface area contributed by atoms with Gasteiger partial charge in [-0.3, -0.25) is 0 Å². The molecule has 110 valence electrons. The predicted octanol–water partition coefficient (Wildman–Crippen LogP) is 3.78. The van der Waals surface area contributed by atoms with Gasteiger partial charge in [-0.1, -0.05) is 30.3 Å². The van der Waals surface area contributed by atoms with E-state index in [0.717, 1.165) is 24.8 Å². The molecule has 1 aliphatic carbocycles. The number of anilines is 1. The lowest BCUT2D eigenvalue weighted by Gasteiger charge is -2.23. The summed E-state index contributed by atoms with van der Waals surface area (Å²) in [4.78, 5) is 13.3. The van der Waals surface area contributed by atoms with Crippen LogP contribution in [0.4, 0.5) is 5.00 Å². The van der Waals surface area contributed by atoms with Gasteiger partial charge in [-0.25, -0.2) is 4.79 Å². The Morgan fingerprint density at radius 1 is 1.38 bits per heavy atom. The van der Waals surface area contributed by atoms with Crippen LogP contribution in [0.2, 0.25) is 0 Å². The minimum absolute atomic E-state index is 0.273. The third-order valence-electron chi connectivity index (χ3n) is 4.04. The van der Waals surface area contributed by atoms with Crippen LogP contribution in [-0.2, 0) is 17.6 Å². The number of hydrogen-bond acceptors (Lipinski definition) is 4. The number of benzene rings is 1. The maximum Gasteiger partial charge on any atom is 0.341 e. The van der Waals surface area contributed by atoms with E-state index in [4.69, 9.17) is 10.5 Å². The first kappa shape index (κ1) is 14.1. The summed E-state index contributed by atoms with van der Waals surface area (Å²) in [6.07, 6.45) is 2.92. The van der Waals surface area contributed by atoms with Gasteiger partial charge in [0.25, 0.3) is 0 Å². The van der Waals surface area contributed by atoms with Gasteiger partial charge in [-0.2, -0.15) is 0 Å². The number of carbonyl (C=O) groups is 1. The summed E-state index contributed by atoms with van der Waals surface area (Å²) in [5, 5.41) is 0.604. The topological polar surface area (TPSA) is 52.3 Å². The second-order valence-corrected chi connectivity index (χ2v) is 6.45. The van der Waals surface area contributed by atoms with Crippen molar-refractivity contribution >= 4 is 22.3 Å². The summed E-state index contributed by atoms with van der Waals surface area (Å²) in [5.74, 6) is 0.248. The molecule has 0 aliphatic heterocycles. The fourth-order valence-electron chi connectivity index (χ4n) is 3.04. The van der Waals surface area contributed by atoms with Crippen LogP contribution in [0.25, 0.3) is 0 Å². The Hall–Kier alpha value is -1.81. The van der Waals surface area contributed by atoms with Crippen molar-refractivity contribution in [2.75, 3.05) is 12.3 Å².